The Labute approximate surface area is 97.0 Å². The fraction of sp³-hybridized carbons (Fsp3) is 0.0833. The van der Waals surface area contributed by atoms with E-state index in [0.29, 0.717) is 11.4 Å². The highest BCUT2D eigenvalue weighted by atomic mass is 19.1. The number of halogens is 2. The number of carbonyl (C=O) groups excluding carboxylic acids is 1. The summed E-state index contributed by atoms with van der Waals surface area (Å²) in [5, 5.41) is 2.46. The first kappa shape index (κ1) is 11.3. The second-order valence-electron chi connectivity index (χ2n) is 3.67. The number of amides is 2. The van der Waals surface area contributed by atoms with Gasteiger partial charge in [0.15, 0.2) is 0 Å². The van der Waals surface area contributed by atoms with E-state index in [0.717, 1.165) is 17.0 Å². The Balaban J connectivity index is 2.49. The molecule has 0 aromatic heterocycles. The average Bonchev–Trinajstić information content (AvgIpc) is 2.19. The molecule has 0 atom stereocenters. The van der Waals surface area contributed by atoms with E-state index in [1.165, 1.54) is 6.07 Å². The molecule has 2 amide bonds. The average molecular weight is 236 g/mol. The molecule has 1 aliphatic heterocycles. The summed E-state index contributed by atoms with van der Waals surface area (Å²) in [5.41, 5.74) is 0.959. The highest BCUT2D eigenvalue weighted by molar-refractivity contribution is 5.97. The van der Waals surface area contributed by atoms with E-state index < -0.39 is 17.7 Å². The van der Waals surface area contributed by atoms with Gasteiger partial charge in [0.2, 0.25) is 0 Å². The smallest absolute Gasteiger partial charge is 0.308 e. The van der Waals surface area contributed by atoms with Gasteiger partial charge in [0.05, 0.1) is 5.69 Å². The molecule has 2 rings (SSSR count). The van der Waals surface area contributed by atoms with Gasteiger partial charge in [-0.1, -0.05) is 6.58 Å². The molecule has 0 aliphatic carbocycles. The molecule has 0 saturated heterocycles. The molecular weight excluding hydrogens is 226 g/mol. The molecule has 0 bridgehead atoms. The van der Waals surface area contributed by atoms with Crippen molar-refractivity contribution in [2.45, 2.75) is 6.92 Å². The van der Waals surface area contributed by atoms with Crippen LogP contribution >= 0.6 is 0 Å². The number of rotatable bonds is 1. The predicted molar refractivity (Wildman–Crippen MR) is 60.3 cm³/mol. The molecule has 1 aliphatic rings. The van der Waals surface area contributed by atoms with Crippen LogP contribution in [0.1, 0.15) is 6.92 Å². The van der Waals surface area contributed by atoms with E-state index >= 15 is 0 Å². The molecule has 3 nitrogen and oxygen atoms in total. The number of carbonyl (C=O) groups is 1. The number of anilines is 1. The summed E-state index contributed by atoms with van der Waals surface area (Å²) in [5.74, 6) is -1.48. The number of benzene rings is 1. The van der Waals surface area contributed by atoms with Crippen LogP contribution in [0, 0.1) is 11.6 Å². The molecule has 88 valence electrons. The van der Waals surface area contributed by atoms with E-state index in [-0.39, 0.29) is 5.69 Å². The van der Waals surface area contributed by atoms with Crippen LogP contribution in [-0.4, -0.2) is 6.03 Å². The summed E-state index contributed by atoms with van der Waals surface area (Å²) in [7, 11) is 0. The van der Waals surface area contributed by atoms with Crippen LogP contribution in [-0.2, 0) is 0 Å². The van der Waals surface area contributed by atoms with Gasteiger partial charge in [0.25, 0.3) is 0 Å². The molecule has 5 heteroatoms. The first-order chi connectivity index (χ1) is 7.99. The Morgan fingerprint density at radius 3 is 2.65 bits per heavy atom. The minimum Gasteiger partial charge on any atom is -0.308 e. The summed E-state index contributed by atoms with van der Waals surface area (Å²) in [6, 6.07) is 2.54. The Bertz CT molecular complexity index is 537. The van der Waals surface area contributed by atoms with Gasteiger partial charge < -0.3 is 5.32 Å². The highest BCUT2D eigenvalue weighted by Crippen LogP contribution is 2.26. The third-order valence-corrected chi connectivity index (χ3v) is 2.36. The van der Waals surface area contributed by atoms with Gasteiger partial charge in [-0.15, -0.1) is 0 Å². The summed E-state index contributed by atoms with van der Waals surface area (Å²) in [6.45, 7) is 5.24. The van der Waals surface area contributed by atoms with Crippen LogP contribution in [0.5, 0.6) is 0 Å². The zero-order chi connectivity index (χ0) is 12.6. The molecule has 0 radical (unpaired) electrons. The minimum atomic E-state index is -0.791. The molecular formula is C12H10F2N2O. The van der Waals surface area contributed by atoms with Crippen LogP contribution < -0.4 is 10.2 Å². The Morgan fingerprint density at radius 2 is 2.06 bits per heavy atom. The maximum Gasteiger partial charge on any atom is 0.330 e. The van der Waals surface area contributed by atoms with Crippen molar-refractivity contribution >= 4 is 11.7 Å². The third kappa shape index (κ3) is 2.04. The SMILES string of the molecule is C=C1C=C(C)N(c2ccc(F)cc2F)C(=O)N1. The van der Waals surface area contributed by atoms with Crippen molar-refractivity contribution in [2.75, 3.05) is 4.90 Å². The molecule has 0 fully saturated rings. The van der Waals surface area contributed by atoms with E-state index in [1.807, 2.05) is 0 Å². The summed E-state index contributed by atoms with van der Waals surface area (Å²) in [4.78, 5) is 12.8. The number of hydrogen-bond donors (Lipinski definition) is 1. The number of hydrogen-bond acceptors (Lipinski definition) is 1. The zero-order valence-electron chi connectivity index (χ0n) is 9.13. The molecule has 0 saturated carbocycles. The quantitative estimate of drug-likeness (QED) is 0.798. The molecule has 1 aromatic rings. The number of nitrogens with one attached hydrogen (secondary N) is 1. The number of urea groups is 1. The molecule has 1 heterocycles. The molecule has 1 aromatic carbocycles. The maximum atomic E-state index is 13.6. The Morgan fingerprint density at radius 1 is 1.35 bits per heavy atom. The van der Waals surface area contributed by atoms with Gasteiger partial charge in [0.1, 0.15) is 11.6 Å². The van der Waals surface area contributed by atoms with Crippen LogP contribution in [0.15, 0.2) is 42.2 Å². The van der Waals surface area contributed by atoms with Crippen molar-refractivity contribution in [1.82, 2.24) is 5.32 Å². The Kier molecular flexibility index (Phi) is 2.67. The summed E-state index contributed by atoms with van der Waals surface area (Å²) in [6.07, 6.45) is 1.60. The van der Waals surface area contributed by atoms with Gasteiger partial charge in [-0.05, 0) is 25.1 Å². The summed E-state index contributed by atoms with van der Waals surface area (Å²) < 4.78 is 26.4. The van der Waals surface area contributed by atoms with Crippen LogP contribution in [0.2, 0.25) is 0 Å². The monoisotopic (exact) mass is 236 g/mol. The molecule has 17 heavy (non-hydrogen) atoms. The van der Waals surface area contributed by atoms with Crippen LogP contribution in [0.25, 0.3) is 0 Å². The number of allylic oxidation sites excluding steroid dienone is 2. The molecule has 0 spiro atoms. The van der Waals surface area contributed by atoms with E-state index in [1.54, 1.807) is 13.0 Å². The first-order valence-corrected chi connectivity index (χ1v) is 4.92. The molecule has 0 unspecified atom stereocenters. The van der Waals surface area contributed by atoms with Gasteiger partial charge in [-0.2, -0.15) is 0 Å². The molecule has 1 N–H and O–H groups in total. The minimum absolute atomic E-state index is 0.00477. The van der Waals surface area contributed by atoms with Crippen molar-refractivity contribution in [2.24, 2.45) is 0 Å². The van der Waals surface area contributed by atoms with Crippen molar-refractivity contribution in [3.63, 3.8) is 0 Å². The largest absolute Gasteiger partial charge is 0.330 e. The second-order valence-corrected chi connectivity index (χ2v) is 3.67. The lowest BCUT2D eigenvalue weighted by molar-refractivity contribution is 0.249. The normalized spacial score (nSPS) is 15.7. The topological polar surface area (TPSA) is 32.3 Å². The summed E-state index contributed by atoms with van der Waals surface area (Å²) >= 11 is 0. The van der Waals surface area contributed by atoms with E-state index in [2.05, 4.69) is 11.9 Å². The van der Waals surface area contributed by atoms with Crippen molar-refractivity contribution in [3.05, 3.63) is 53.9 Å². The van der Waals surface area contributed by atoms with E-state index in [9.17, 15) is 13.6 Å². The van der Waals surface area contributed by atoms with E-state index in [4.69, 9.17) is 0 Å². The second kappa shape index (κ2) is 4.01. The Hall–Kier alpha value is -2.17. The standard InChI is InChI=1S/C12H10F2N2O/c1-7-5-8(2)16(12(17)15-7)11-4-3-9(13)6-10(11)14/h3-6H,1H2,2H3,(H,15,17). The van der Waals surface area contributed by atoms with Crippen molar-refractivity contribution in [1.29, 1.82) is 0 Å². The van der Waals surface area contributed by atoms with Gasteiger partial charge >= 0.3 is 6.03 Å². The highest BCUT2D eigenvalue weighted by Gasteiger charge is 2.24. The fourth-order valence-corrected chi connectivity index (χ4v) is 1.67. The van der Waals surface area contributed by atoms with Gasteiger partial charge in [0, 0.05) is 17.5 Å². The lowest BCUT2D eigenvalue weighted by Crippen LogP contribution is -2.41. The fourth-order valence-electron chi connectivity index (χ4n) is 1.67. The van der Waals surface area contributed by atoms with Crippen molar-refractivity contribution in [3.8, 4) is 0 Å². The zero-order valence-corrected chi connectivity index (χ0v) is 9.13. The third-order valence-electron chi connectivity index (χ3n) is 2.36. The first-order valence-electron chi connectivity index (χ1n) is 4.92. The number of nitrogens with zero attached hydrogens (tertiary/aromatic N) is 1. The van der Waals surface area contributed by atoms with Gasteiger partial charge in [-0.3, -0.25) is 4.90 Å². The van der Waals surface area contributed by atoms with Crippen LogP contribution in [0.4, 0.5) is 19.3 Å². The predicted octanol–water partition coefficient (Wildman–Crippen LogP) is 2.91. The maximum absolute atomic E-state index is 13.6. The van der Waals surface area contributed by atoms with Crippen LogP contribution in [0.3, 0.4) is 0 Å². The van der Waals surface area contributed by atoms with Gasteiger partial charge in [-0.25, -0.2) is 13.6 Å². The lowest BCUT2D eigenvalue weighted by atomic mass is 10.2. The lowest BCUT2D eigenvalue weighted by Gasteiger charge is -2.28. The van der Waals surface area contributed by atoms with Crippen molar-refractivity contribution < 1.29 is 13.6 Å².